The molecule has 2 unspecified atom stereocenters. The Kier molecular flexibility index (Phi) is 3.89. The van der Waals surface area contributed by atoms with Crippen molar-refractivity contribution in [3.63, 3.8) is 0 Å². The van der Waals surface area contributed by atoms with E-state index in [0.29, 0.717) is 12.0 Å². The SMILES string of the molecule is CC1CCN(Cc2ccn(C3CCCC3)n2)CC1O. The molecule has 1 N–H and O–H groups in total. The molecule has 3 rings (SSSR count). The lowest BCUT2D eigenvalue weighted by Gasteiger charge is -2.33. The fourth-order valence-electron chi connectivity index (χ4n) is 3.32. The number of hydrogen-bond donors (Lipinski definition) is 1. The summed E-state index contributed by atoms with van der Waals surface area (Å²) in [4.78, 5) is 2.33. The third-order valence-electron chi connectivity index (χ3n) is 4.75. The van der Waals surface area contributed by atoms with Gasteiger partial charge in [0.25, 0.3) is 0 Å². The molecule has 106 valence electrons. The number of piperidine rings is 1. The van der Waals surface area contributed by atoms with Gasteiger partial charge >= 0.3 is 0 Å². The molecule has 1 aromatic heterocycles. The molecule has 2 fully saturated rings. The topological polar surface area (TPSA) is 41.3 Å². The molecule has 1 saturated carbocycles. The van der Waals surface area contributed by atoms with E-state index in [-0.39, 0.29) is 6.10 Å². The Balaban J connectivity index is 1.58. The van der Waals surface area contributed by atoms with Crippen LogP contribution in [0.1, 0.15) is 50.8 Å². The Bertz CT molecular complexity index is 411. The molecule has 0 radical (unpaired) electrons. The minimum Gasteiger partial charge on any atom is -0.392 e. The van der Waals surface area contributed by atoms with E-state index in [1.165, 1.54) is 25.7 Å². The fourth-order valence-corrected chi connectivity index (χ4v) is 3.32. The van der Waals surface area contributed by atoms with Crippen molar-refractivity contribution in [1.29, 1.82) is 0 Å². The highest BCUT2D eigenvalue weighted by atomic mass is 16.3. The predicted octanol–water partition coefficient (Wildman–Crippen LogP) is 2.20. The second-order valence-corrected chi connectivity index (χ2v) is 6.29. The van der Waals surface area contributed by atoms with Gasteiger partial charge in [0.05, 0.1) is 17.8 Å². The van der Waals surface area contributed by atoms with Crippen molar-refractivity contribution in [2.24, 2.45) is 5.92 Å². The molecule has 1 saturated heterocycles. The summed E-state index contributed by atoms with van der Waals surface area (Å²) in [7, 11) is 0. The summed E-state index contributed by atoms with van der Waals surface area (Å²) in [5.41, 5.74) is 1.15. The van der Waals surface area contributed by atoms with Crippen molar-refractivity contribution in [2.75, 3.05) is 13.1 Å². The number of β-amino-alcohol motifs (C(OH)–C–C–N with tert-alkyl or cyclic N) is 1. The summed E-state index contributed by atoms with van der Waals surface area (Å²) in [6.07, 6.45) is 8.29. The summed E-state index contributed by atoms with van der Waals surface area (Å²) >= 11 is 0. The van der Waals surface area contributed by atoms with Crippen LogP contribution in [0.4, 0.5) is 0 Å². The van der Waals surface area contributed by atoms with Crippen LogP contribution in [0, 0.1) is 5.92 Å². The third-order valence-corrected chi connectivity index (χ3v) is 4.75. The minimum atomic E-state index is -0.175. The standard InChI is InChI=1S/C15H25N3O/c1-12-6-8-17(11-15(12)19)10-13-7-9-18(16-13)14-4-2-3-5-14/h7,9,12,14-15,19H,2-6,8,10-11H2,1H3. The molecule has 1 aliphatic carbocycles. The lowest BCUT2D eigenvalue weighted by atomic mass is 9.96. The smallest absolute Gasteiger partial charge is 0.0764 e. The molecule has 4 heteroatoms. The lowest BCUT2D eigenvalue weighted by molar-refractivity contribution is 0.0253. The molecule has 19 heavy (non-hydrogen) atoms. The monoisotopic (exact) mass is 263 g/mol. The lowest BCUT2D eigenvalue weighted by Crippen LogP contribution is -2.42. The van der Waals surface area contributed by atoms with Gasteiger partial charge in [0, 0.05) is 19.3 Å². The van der Waals surface area contributed by atoms with Gasteiger partial charge < -0.3 is 5.11 Å². The molecule has 4 nitrogen and oxygen atoms in total. The van der Waals surface area contributed by atoms with E-state index in [4.69, 9.17) is 5.10 Å². The maximum Gasteiger partial charge on any atom is 0.0764 e. The van der Waals surface area contributed by atoms with E-state index >= 15 is 0 Å². The van der Waals surface area contributed by atoms with Crippen molar-refractivity contribution in [1.82, 2.24) is 14.7 Å². The highest BCUT2D eigenvalue weighted by molar-refractivity contribution is 5.01. The number of aromatic nitrogens is 2. The number of hydrogen-bond acceptors (Lipinski definition) is 3. The van der Waals surface area contributed by atoms with E-state index in [1.807, 2.05) is 0 Å². The molecule has 1 aromatic rings. The van der Waals surface area contributed by atoms with Crippen LogP contribution in [-0.4, -0.2) is 39.0 Å². The molecular weight excluding hydrogens is 238 g/mol. The summed E-state index contributed by atoms with van der Waals surface area (Å²) in [5.74, 6) is 0.437. The molecule has 2 aliphatic rings. The molecule has 0 spiro atoms. The summed E-state index contributed by atoms with van der Waals surface area (Å²) < 4.78 is 2.16. The molecule has 0 bridgehead atoms. The maximum atomic E-state index is 9.94. The Morgan fingerprint density at radius 1 is 1.32 bits per heavy atom. The van der Waals surface area contributed by atoms with Crippen LogP contribution in [-0.2, 0) is 6.54 Å². The Morgan fingerprint density at radius 3 is 2.84 bits per heavy atom. The zero-order chi connectivity index (χ0) is 13.2. The molecule has 2 heterocycles. The normalized spacial score (nSPS) is 30.0. The Labute approximate surface area is 115 Å². The zero-order valence-corrected chi connectivity index (χ0v) is 11.8. The van der Waals surface area contributed by atoms with Crippen molar-refractivity contribution in [2.45, 2.75) is 57.7 Å². The average Bonchev–Trinajstić information content (AvgIpc) is 3.04. The van der Waals surface area contributed by atoms with Gasteiger partial charge in [-0.2, -0.15) is 5.10 Å². The largest absolute Gasteiger partial charge is 0.392 e. The van der Waals surface area contributed by atoms with Gasteiger partial charge in [0.15, 0.2) is 0 Å². The Hall–Kier alpha value is -0.870. The first-order valence-electron chi connectivity index (χ1n) is 7.67. The number of likely N-dealkylation sites (tertiary alicyclic amines) is 1. The second kappa shape index (κ2) is 5.63. The molecular formula is C15H25N3O. The third kappa shape index (κ3) is 3.00. The number of rotatable bonds is 3. The van der Waals surface area contributed by atoms with Crippen LogP contribution in [0.2, 0.25) is 0 Å². The van der Waals surface area contributed by atoms with Gasteiger partial charge in [-0.3, -0.25) is 9.58 Å². The van der Waals surface area contributed by atoms with Gasteiger partial charge in [-0.25, -0.2) is 0 Å². The van der Waals surface area contributed by atoms with Gasteiger partial charge in [-0.15, -0.1) is 0 Å². The van der Waals surface area contributed by atoms with Crippen molar-refractivity contribution in [3.8, 4) is 0 Å². The molecule has 2 atom stereocenters. The van der Waals surface area contributed by atoms with Gasteiger partial charge in [0.1, 0.15) is 0 Å². The van der Waals surface area contributed by atoms with E-state index in [1.54, 1.807) is 0 Å². The van der Waals surface area contributed by atoms with E-state index in [0.717, 1.165) is 31.7 Å². The van der Waals surface area contributed by atoms with Crippen LogP contribution >= 0.6 is 0 Å². The van der Waals surface area contributed by atoms with Crippen molar-refractivity contribution in [3.05, 3.63) is 18.0 Å². The van der Waals surface area contributed by atoms with Crippen LogP contribution < -0.4 is 0 Å². The summed E-state index contributed by atoms with van der Waals surface area (Å²) in [6.45, 7) is 4.88. The molecule has 0 aromatic carbocycles. The Morgan fingerprint density at radius 2 is 2.11 bits per heavy atom. The molecule has 0 amide bonds. The minimum absolute atomic E-state index is 0.175. The van der Waals surface area contributed by atoms with Crippen LogP contribution in [0.5, 0.6) is 0 Å². The number of aliphatic hydroxyl groups is 1. The summed E-state index contributed by atoms with van der Waals surface area (Å²) in [5, 5.41) is 14.7. The first kappa shape index (κ1) is 13.1. The second-order valence-electron chi connectivity index (χ2n) is 6.29. The van der Waals surface area contributed by atoms with E-state index < -0.39 is 0 Å². The highest BCUT2D eigenvalue weighted by Gasteiger charge is 2.25. The number of nitrogens with zero attached hydrogens (tertiary/aromatic N) is 3. The van der Waals surface area contributed by atoms with Crippen molar-refractivity contribution < 1.29 is 5.11 Å². The zero-order valence-electron chi connectivity index (χ0n) is 11.8. The number of aliphatic hydroxyl groups excluding tert-OH is 1. The highest BCUT2D eigenvalue weighted by Crippen LogP contribution is 2.29. The van der Waals surface area contributed by atoms with Crippen LogP contribution in [0.15, 0.2) is 12.3 Å². The van der Waals surface area contributed by atoms with Crippen LogP contribution in [0.25, 0.3) is 0 Å². The fraction of sp³-hybridized carbons (Fsp3) is 0.800. The van der Waals surface area contributed by atoms with E-state index in [2.05, 4.69) is 28.8 Å². The first-order chi connectivity index (χ1) is 9.22. The quantitative estimate of drug-likeness (QED) is 0.909. The molecule has 1 aliphatic heterocycles. The first-order valence-corrected chi connectivity index (χ1v) is 7.67. The average molecular weight is 263 g/mol. The van der Waals surface area contributed by atoms with Crippen molar-refractivity contribution >= 4 is 0 Å². The maximum absolute atomic E-state index is 9.94. The van der Waals surface area contributed by atoms with E-state index in [9.17, 15) is 5.11 Å². The van der Waals surface area contributed by atoms with Gasteiger partial charge in [-0.1, -0.05) is 19.8 Å². The predicted molar refractivity (Wildman–Crippen MR) is 74.8 cm³/mol. The van der Waals surface area contributed by atoms with Gasteiger partial charge in [-0.05, 0) is 37.8 Å². The van der Waals surface area contributed by atoms with Crippen LogP contribution in [0.3, 0.4) is 0 Å². The summed E-state index contributed by atoms with van der Waals surface area (Å²) in [6, 6.07) is 2.77. The van der Waals surface area contributed by atoms with Gasteiger partial charge in [0.2, 0.25) is 0 Å².